The van der Waals surface area contributed by atoms with Crippen molar-refractivity contribution in [3.8, 4) is 11.5 Å². The fourth-order valence-corrected chi connectivity index (χ4v) is 2.64. The van der Waals surface area contributed by atoms with Crippen molar-refractivity contribution in [2.24, 2.45) is 0 Å². The van der Waals surface area contributed by atoms with Gasteiger partial charge in [-0.3, -0.25) is 4.79 Å². The van der Waals surface area contributed by atoms with Crippen molar-refractivity contribution >= 4 is 17.6 Å². The number of para-hydroxylation sites is 1. The van der Waals surface area contributed by atoms with Crippen LogP contribution in [0.1, 0.15) is 41.8 Å². The lowest BCUT2D eigenvalue weighted by atomic mass is 10.1. The second kappa shape index (κ2) is 10.3. The number of benzene rings is 2. The van der Waals surface area contributed by atoms with Gasteiger partial charge < -0.3 is 19.5 Å². The summed E-state index contributed by atoms with van der Waals surface area (Å²) in [5, 5.41) is 2.79. The normalized spacial score (nSPS) is 10.3. The molecule has 0 atom stereocenters. The highest BCUT2D eigenvalue weighted by Crippen LogP contribution is 2.29. The molecule has 0 aliphatic carbocycles. The predicted octanol–water partition coefficient (Wildman–Crippen LogP) is 4.29. The summed E-state index contributed by atoms with van der Waals surface area (Å²) in [6.45, 7) is 8.31. The van der Waals surface area contributed by atoms with Crippen molar-refractivity contribution in [1.82, 2.24) is 0 Å². The Bertz CT molecular complexity index is 811. The largest absolute Gasteiger partial charge is 0.490 e. The molecule has 2 rings (SSSR count). The molecule has 0 aliphatic rings. The van der Waals surface area contributed by atoms with E-state index in [1.165, 1.54) is 0 Å². The number of aryl methyl sites for hydroxylation is 2. The molecule has 6 heteroatoms. The first kappa shape index (κ1) is 21.3. The first-order valence-corrected chi connectivity index (χ1v) is 9.39. The van der Waals surface area contributed by atoms with E-state index in [-0.39, 0.29) is 6.61 Å². The van der Waals surface area contributed by atoms with E-state index < -0.39 is 11.9 Å². The van der Waals surface area contributed by atoms with E-state index >= 15 is 0 Å². The Hall–Kier alpha value is -3.02. The van der Waals surface area contributed by atoms with Gasteiger partial charge in [0.2, 0.25) is 0 Å². The summed E-state index contributed by atoms with van der Waals surface area (Å²) in [6, 6.07) is 10.6. The molecule has 2 aromatic rings. The van der Waals surface area contributed by atoms with E-state index in [1.807, 2.05) is 45.9 Å². The number of carbonyl (C=O) groups is 2. The highest BCUT2D eigenvalue weighted by atomic mass is 16.5. The van der Waals surface area contributed by atoms with Crippen LogP contribution in [0.2, 0.25) is 0 Å². The zero-order chi connectivity index (χ0) is 20.5. The van der Waals surface area contributed by atoms with Gasteiger partial charge >= 0.3 is 5.97 Å². The van der Waals surface area contributed by atoms with Gasteiger partial charge in [-0.15, -0.1) is 0 Å². The molecular formula is C22H27NO5. The minimum Gasteiger partial charge on any atom is -0.490 e. The molecule has 0 radical (unpaired) electrons. The number of carbonyl (C=O) groups excluding carboxylic acids is 2. The molecule has 150 valence electrons. The highest BCUT2D eigenvalue weighted by Gasteiger charge is 2.15. The Morgan fingerprint density at radius 3 is 2.32 bits per heavy atom. The molecule has 0 bridgehead atoms. The maximum atomic E-state index is 12.3. The smallest absolute Gasteiger partial charge is 0.338 e. The van der Waals surface area contributed by atoms with Crippen molar-refractivity contribution in [2.45, 2.75) is 34.1 Å². The average molecular weight is 385 g/mol. The number of hydrogen-bond donors (Lipinski definition) is 1. The predicted molar refractivity (Wildman–Crippen MR) is 108 cm³/mol. The lowest BCUT2D eigenvalue weighted by Crippen LogP contribution is -2.21. The van der Waals surface area contributed by atoms with E-state index in [2.05, 4.69) is 5.32 Å². The minimum absolute atomic E-state index is 0.298. The van der Waals surface area contributed by atoms with Crippen LogP contribution in [0.5, 0.6) is 11.5 Å². The van der Waals surface area contributed by atoms with Gasteiger partial charge in [0, 0.05) is 5.69 Å². The second-order valence-corrected chi connectivity index (χ2v) is 6.33. The standard InChI is InChI=1S/C22H27NO5/c1-5-12-27-18-11-10-17(13-19(18)26-6-2)22(25)28-14-20(24)23-21-15(3)8-7-9-16(21)4/h7-11,13H,5-6,12,14H2,1-4H3,(H,23,24). The van der Waals surface area contributed by atoms with Crippen molar-refractivity contribution in [2.75, 3.05) is 25.1 Å². The molecule has 0 aromatic heterocycles. The average Bonchev–Trinajstić information content (AvgIpc) is 2.68. The highest BCUT2D eigenvalue weighted by molar-refractivity contribution is 5.96. The summed E-state index contributed by atoms with van der Waals surface area (Å²) in [5.41, 5.74) is 2.93. The number of rotatable bonds is 9. The van der Waals surface area contributed by atoms with Crippen molar-refractivity contribution in [1.29, 1.82) is 0 Å². The lowest BCUT2D eigenvalue weighted by molar-refractivity contribution is -0.119. The number of anilines is 1. The fraction of sp³-hybridized carbons (Fsp3) is 0.364. The molecule has 2 aromatic carbocycles. The van der Waals surface area contributed by atoms with Gasteiger partial charge in [-0.2, -0.15) is 0 Å². The van der Waals surface area contributed by atoms with E-state index in [1.54, 1.807) is 18.2 Å². The third kappa shape index (κ3) is 5.74. The quantitative estimate of drug-likeness (QED) is 0.652. The van der Waals surface area contributed by atoms with Crippen molar-refractivity contribution in [3.63, 3.8) is 0 Å². The van der Waals surface area contributed by atoms with Crippen molar-refractivity contribution in [3.05, 3.63) is 53.1 Å². The summed E-state index contributed by atoms with van der Waals surface area (Å²) < 4.78 is 16.3. The summed E-state index contributed by atoms with van der Waals surface area (Å²) in [5.74, 6) is 0.0664. The molecule has 0 spiro atoms. The molecule has 0 heterocycles. The van der Waals surface area contributed by atoms with Gasteiger partial charge in [0.25, 0.3) is 5.91 Å². The van der Waals surface area contributed by atoms with Crippen LogP contribution in [0.25, 0.3) is 0 Å². The maximum absolute atomic E-state index is 12.3. The second-order valence-electron chi connectivity index (χ2n) is 6.33. The Kier molecular flexibility index (Phi) is 7.87. The first-order valence-electron chi connectivity index (χ1n) is 9.39. The third-order valence-corrected chi connectivity index (χ3v) is 4.02. The number of esters is 1. The van der Waals surface area contributed by atoms with Crippen molar-refractivity contribution < 1.29 is 23.8 Å². The maximum Gasteiger partial charge on any atom is 0.338 e. The molecule has 0 saturated carbocycles. The van der Waals surface area contributed by atoms with Crippen LogP contribution in [0.15, 0.2) is 36.4 Å². The SMILES string of the molecule is CCCOc1ccc(C(=O)OCC(=O)Nc2c(C)cccc2C)cc1OCC. The van der Waals surface area contributed by atoms with Gasteiger partial charge in [-0.1, -0.05) is 25.1 Å². The molecule has 6 nitrogen and oxygen atoms in total. The molecule has 0 aliphatic heterocycles. The van der Waals surface area contributed by atoms with E-state index in [9.17, 15) is 9.59 Å². The topological polar surface area (TPSA) is 73.9 Å². The summed E-state index contributed by atoms with van der Waals surface area (Å²) in [4.78, 5) is 24.5. The zero-order valence-electron chi connectivity index (χ0n) is 16.8. The van der Waals surface area contributed by atoms with Crippen LogP contribution in [-0.2, 0) is 9.53 Å². The van der Waals surface area contributed by atoms with Crippen LogP contribution < -0.4 is 14.8 Å². The number of hydrogen-bond acceptors (Lipinski definition) is 5. The Morgan fingerprint density at radius 1 is 0.964 bits per heavy atom. The van der Waals surface area contributed by atoms with E-state index in [4.69, 9.17) is 14.2 Å². The van der Waals surface area contributed by atoms with Gasteiger partial charge in [-0.25, -0.2) is 4.79 Å². The van der Waals surface area contributed by atoms with Crippen LogP contribution >= 0.6 is 0 Å². The van der Waals surface area contributed by atoms with Crippen LogP contribution in [-0.4, -0.2) is 31.7 Å². The molecule has 0 unspecified atom stereocenters. The molecule has 0 fully saturated rings. The zero-order valence-corrected chi connectivity index (χ0v) is 16.8. The third-order valence-electron chi connectivity index (χ3n) is 4.02. The molecule has 28 heavy (non-hydrogen) atoms. The molecule has 0 saturated heterocycles. The van der Waals surface area contributed by atoms with Crippen LogP contribution in [0.4, 0.5) is 5.69 Å². The monoisotopic (exact) mass is 385 g/mol. The summed E-state index contributed by atoms with van der Waals surface area (Å²) in [7, 11) is 0. The fourth-order valence-electron chi connectivity index (χ4n) is 2.64. The number of amides is 1. The van der Waals surface area contributed by atoms with E-state index in [0.29, 0.717) is 30.3 Å². The number of nitrogens with one attached hydrogen (secondary N) is 1. The summed E-state index contributed by atoms with van der Waals surface area (Å²) in [6.07, 6.45) is 0.866. The molecule has 1 amide bonds. The minimum atomic E-state index is -0.598. The Labute approximate surface area is 165 Å². The van der Waals surface area contributed by atoms with Crippen LogP contribution in [0, 0.1) is 13.8 Å². The van der Waals surface area contributed by atoms with Gasteiger partial charge in [-0.05, 0) is 56.5 Å². The summed E-state index contributed by atoms with van der Waals surface area (Å²) >= 11 is 0. The first-order chi connectivity index (χ1) is 13.5. The molecule has 1 N–H and O–H groups in total. The number of ether oxygens (including phenoxy) is 3. The van der Waals surface area contributed by atoms with Gasteiger partial charge in [0.1, 0.15) is 0 Å². The van der Waals surface area contributed by atoms with Crippen LogP contribution in [0.3, 0.4) is 0 Å². The Balaban J connectivity index is 2.00. The van der Waals surface area contributed by atoms with E-state index in [0.717, 1.165) is 23.2 Å². The Morgan fingerprint density at radius 2 is 1.68 bits per heavy atom. The van der Waals surface area contributed by atoms with Gasteiger partial charge in [0.05, 0.1) is 18.8 Å². The lowest BCUT2D eigenvalue weighted by Gasteiger charge is -2.13. The van der Waals surface area contributed by atoms with Gasteiger partial charge in [0.15, 0.2) is 18.1 Å². The molecular weight excluding hydrogens is 358 g/mol.